The van der Waals surface area contributed by atoms with Gasteiger partial charge in [-0.15, -0.1) is 0 Å². The lowest BCUT2D eigenvalue weighted by Crippen LogP contribution is -2.16. The fourth-order valence-corrected chi connectivity index (χ4v) is 1.14. The second kappa shape index (κ2) is 6.37. The van der Waals surface area contributed by atoms with E-state index in [1.165, 1.54) is 13.3 Å². The molecule has 0 fully saturated rings. The molecule has 0 heterocycles. The Balaban J connectivity index is 2.83. The van der Waals surface area contributed by atoms with Crippen LogP contribution in [0.2, 0.25) is 0 Å². The van der Waals surface area contributed by atoms with Gasteiger partial charge in [-0.25, -0.2) is 10.2 Å². The van der Waals surface area contributed by atoms with Gasteiger partial charge in [0.15, 0.2) is 0 Å². The summed E-state index contributed by atoms with van der Waals surface area (Å²) < 4.78 is 14.6. The van der Waals surface area contributed by atoms with Gasteiger partial charge in [0, 0.05) is 5.56 Å². The molecule has 0 atom stereocenters. The molecular formula is C11H14N2O4. The van der Waals surface area contributed by atoms with E-state index < -0.39 is 6.09 Å². The van der Waals surface area contributed by atoms with Crippen molar-refractivity contribution in [1.29, 1.82) is 0 Å². The largest absolute Gasteiger partial charge is 0.497 e. The molecule has 0 unspecified atom stereocenters. The minimum absolute atomic E-state index is 0.626. The Hall–Kier alpha value is -2.24. The lowest BCUT2D eigenvalue weighted by atomic mass is 10.2. The van der Waals surface area contributed by atoms with E-state index in [0.29, 0.717) is 17.1 Å². The van der Waals surface area contributed by atoms with Crippen molar-refractivity contribution in [2.45, 2.75) is 0 Å². The monoisotopic (exact) mass is 238 g/mol. The summed E-state index contributed by atoms with van der Waals surface area (Å²) in [6, 6.07) is 5.25. The van der Waals surface area contributed by atoms with Crippen LogP contribution in [0, 0.1) is 0 Å². The van der Waals surface area contributed by atoms with Gasteiger partial charge in [0.25, 0.3) is 0 Å². The van der Waals surface area contributed by atoms with Crippen LogP contribution < -0.4 is 14.9 Å². The van der Waals surface area contributed by atoms with Crippen LogP contribution in [-0.4, -0.2) is 33.6 Å². The standard InChI is InChI=1S/C11H14N2O4/c1-15-9-4-5-10(16-2)8(6-9)7-12-13-11(14)17-3/h4-7H,1-3H3,(H,13,14). The third-order valence-electron chi connectivity index (χ3n) is 1.98. The molecule has 0 saturated carbocycles. The van der Waals surface area contributed by atoms with Gasteiger partial charge in [0.05, 0.1) is 27.5 Å². The number of hydrazone groups is 1. The fraction of sp³-hybridized carbons (Fsp3) is 0.273. The van der Waals surface area contributed by atoms with Crippen molar-refractivity contribution in [2.75, 3.05) is 21.3 Å². The minimum atomic E-state index is -0.636. The van der Waals surface area contributed by atoms with Gasteiger partial charge in [0.1, 0.15) is 11.5 Å². The normalized spacial score (nSPS) is 10.1. The van der Waals surface area contributed by atoms with E-state index in [2.05, 4.69) is 15.3 Å². The third kappa shape index (κ3) is 3.67. The molecule has 0 radical (unpaired) electrons. The van der Waals surface area contributed by atoms with E-state index >= 15 is 0 Å². The van der Waals surface area contributed by atoms with E-state index in [0.717, 1.165) is 0 Å². The second-order valence-electron chi connectivity index (χ2n) is 2.97. The minimum Gasteiger partial charge on any atom is -0.497 e. The van der Waals surface area contributed by atoms with E-state index in [9.17, 15) is 4.79 Å². The maximum atomic E-state index is 10.8. The summed E-state index contributed by atoms with van der Waals surface area (Å²) in [5.74, 6) is 1.30. The summed E-state index contributed by atoms with van der Waals surface area (Å²) in [6.45, 7) is 0. The van der Waals surface area contributed by atoms with Crippen molar-refractivity contribution in [1.82, 2.24) is 5.43 Å². The highest BCUT2D eigenvalue weighted by Crippen LogP contribution is 2.22. The molecule has 1 amide bonds. The van der Waals surface area contributed by atoms with Crippen LogP contribution in [0.3, 0.4) is 0 Å². The summed E-state index contributed by atoms with van der Waals surface area (Å²) in [7, 11) is 4.37. The number of amides is 1. The fourth-order valence-electron chi connectivity index (χ4n) is 1.14. The van der Waals surface area contributed by atoms with Crippen LogP contribution in [0.25, 0.3) is 0 Å². The Morgan fingerprint density at radius 2 is 2.06 bits per heavy atom. The number of benzene rings is 1. The van der Waals surface area contributed by atoms with Crippen LogP contribution in [0.4, 0.5) is 4.79 Å². The Morgan fingerprint density at radius 3 is 2.65 bits per heavy atom. The van der Waals surface area contributed by atoms with Gasteiger partial charge in [0.2, 0.25) is 0 Å². The molecule has 1 N–H and O–H groups in total. The summed E-state index contributed by atoms with van der Waals surface area (Å²) >= 11 is 0. The zero-order chi connectivity index (χ0) is 12.7. The number of nitrogens with zero attached hydrogens (tertiary/aromatic N) is 1. The number of hydrogen-bond donors (Lipinski definition) is 1. The highest BCUT2D eigenvalue weighted by Gasteiger charge is 2.02. The number of hydrogen-bond acceptors (Lipinski definition) is 5. The molecule has 0 aliphatic carbocycles. The molecule has 6 nitrogen and oxygen atoms in total. The molecule has 92 valence electrons. The zero-order valence-corrected chi connectivity index (χ0v) is 9.89. The molecule has 1 aromatic carbocycles. The number of carbonyl (C=O) groups excluding carboxylic acids is 1. The Bertz CT molecular complexity index is 418. The number of carbonyl (C=O) groups is 1. The highest BCUT2D eigenvalue weighted by atomic mass is 16.5. The van der Waals surface area contributed by atoms with Gasteiger partial charge in [-0.1, -0.05) is 0 Å². The Labute approximate surface area is 99.2 Å². The van der Waals surface area contributed by atoms with Gasteiger partial charge in [-0.05, 0) is 18.2 Å². The number of rotatable bonds is 4. The second-order valence-corrected chi connectivity index (χ2v) is 2.97. The van der Waals surface area contributed by atoms with Gasteiger partial charge in [-0.2, -0.15) is 5.10 Å². The first-order chi connectivity index (χ1) is 8.21. The van der Waals surface area contributed by atoms with Crippen molar-refractivity contribution >= 4 is 12.3 Å². The molecule has 1 aromatic rings. The molecular weight excluding hydrogens is 224 g/mol. The Morgan fingerprint density at radius 1 is 1.29 bits per heavy atom. The molecule has 0 bridgehead atoms. The molecule has 0 saturated heterocycles. The van der Waals surface area contributed by atoms with Gasteiger partial charge >= 0.3 is 6.09 Å². The van der Waals surface area contributed by atoms with Crippen molar-refractivity contribution in [3.63, 3.8) is 0 Å². The summed E-state index contributed by atoms with van der Waals surface area (Å²) in [4.78, 5) is 10.8. The first kappa shape index (κ1) is 12.8. The van der Waals surface area contributed by atoms with Gasteiger partial charge in [-0.3, -0.25) is 0 Å². The molecule has 1 rings (SSSR count). The van der Waals surface area contributed by atoms with Crippen LogP contribution in [0.5, 0.6) is 11.5 Å². The maximum Gasteiger partial charge on any atom is 0.427 e. The third-order valence-corrected chi connectivity index (χ3v) is 1.98. The van der Waals surface area contributed by atoms with E-state index in [-0.39, 0.29) is 0 Å². The first-order valence-electron chi connectivity index (χ1n) is 4.80. The molecule has 0 aliphatic rings. The molecule has 0 aliphatic heterocycles. The molecule has 0 spiro atoms. The average molecular weight is 238 g/mol. The lowest BCUT2D eigenvalue weighted by Gasteiger charge is -2.06. The van der Waals surface area contributed by atoms with Crippen molar-refractivity contribution < 1.29 is 19.0 Å². The summed E-state index contributed by atoms with van der Waals surface area (Å²) in [5, 5.41) is 3.71. The van der Waals surface area contributed by atoms with Crippen LogP contribution in [-0.2, 0) is 4.74 Å². The smallest absolute Gasteiger partial charge is 0.427 e. The summed E-state index contributed by atoms with van der Waals surface area (Å²) in [5.41, 5.74) is 2.87. The van der Waals surface area contributed by atoms with E-state index in [1.54, 1.807) is 32.4 Å². The quantitative estimate of drug-likeness (QED) is 0.635. The lowest BCUT2D eigenvalue weighted by molar-refractivity contribution is 0.171. The van der Waals surface area contributed by atoms with E-state index in [4.69, 9.17) is 9.47 Å². The summed E-state index contributed by atoms with van der Waals surface area (Å²) in [6.07, 6.45) is 0.807. The van der Waals surface area contributed by atoms with E-state index in [1.807, 2.05) is 0 Å². The highest BCUT2D eigenvalue weighted by molar-refractivity contribution is 5.85. The van der Waals surface area contributed by atoms with Crippen LogP contribution in [0.15, 0.2) is 23.3 Å². The SMILES string of the molecule is COC(=O)NN=Cc1cc(OC)ccc1OC. The first-order valence-corrected chi connectivity index (χ1v) is 4.80. The molecule has 0 aromatic heterocycles. The van der Waals surface area contributed by atoms with Gasteiger partial charge < -0.3 is 14.2 Å². The maximum absolute atomic E-state index is 10.8. The molecule has 6 heteroatoms. The number of ether oxygens (including phenoxy) is 3. The van der Waals surface area contributed by atoms with Crippen molar-refractivity contribution in [2.24, 2.45) is 5.10 Å². The average Bonchev–Trinajstić information content (AvgIpc) is 2.38. The zero-order valence-electron chi connectivity index (χ0n) is 9.89. The number of methoxy groups -OCH3 is 3. The Kier molecular flexibility index (Phi) is 4.80. The molecule has 17 heavy (non-hydrogen) atoms. The predicted molar refractivity (Wildman–Crippen MR) is 62.7 cm³/mol. The number of nitrogens with one attached hydrogen (secondary N) is 1. The van der Waals surface area contributed by atoms with Crippen molar-refractivity contribution in [3.05, 3.63) is 23.8 Å². The topological polar surface area (TPSA) is 69.2 Å². The van der Waals surface area contributed by atoms with Crippen LogP contribution >= 0.6 is 0 Å². The van der Waals surface area contributed by atoms with Crippen molar-refractivity contribution in [3.8, 4) is 11.5 Å². The van der Waals surface area contributed by atoms with Crippen LogP contribution in [0.1, 0.15) is 5.56 Å². The predicted octanol–water partition coefficient (Wildman–Crippen LogP) is 1.39.